The van der Waals surface area contributed by atoms with Crippen LogP contribution in [0, 0.1) is 0 Å². The third-order valence-electron chi connectivity index (χ3n) is 1.85. The molecule has 0 saturated heterocycles. The maximum absolute atomic E-state index is 5.26. The number of guanidine groups is 1. The SMILES string of the molecule is NC(N)=NC1=Nc2ccccc2NC1. The highest BCUT2D eigenvalue weighted by Crippen LogP contribution is 2.26. The molecule has 0 saturated carbocycles. The van der Waals surface area contributed by atoms with Crippen molar-refractivity contribution in [3.63, 3.8) is 0 Å². The summed E-state index contributed by atoms with van der Waals surface area (Å²) in [4.78, 5) is 8.19. The van der Waals surface area contributed by atoms with Crippen molar-refractivity contribution in [2.24, 2.45) is 21.5 Å². The monoisotopic (exact) mass is 189 g/mol. The van der Waals surface area contributed by atoms with E-state index >= 15 is 0 Å². The van der Waals surface area contributed by atoms with E-state index in [1.807, 2.05) is 24.3 Å². The molecule has 0 amide bonds. The molecule has 5 nitrogen and oxygen atoms in total. The van der Waals surface area contributed by atoms with Crippen LogP contribution in [0.3, 0.4) is 0 Å². The summed E-state index contributed by atoms with van der Waals surface area (Å²) in [6, 6.07) is 7.74. The molecule has 1 aromatic carbocycles. The molecule has 0 fully saturated rings. The number of aliphatic imine (C=N–C) groups is 2. The normalized spacial score (nSPS) is 13.6. The molecule has 0 radical (unpaired) electrons. The maximum Gasteiger partial charge on any atom is 0.192 e. The second-order valence-electron chi connectivity index (χ2n) is 2.94. The van der Waals surface area contributed by atoms with Gasteiger partial charge in [0.2, 0.25) is 0 Å². The van der Waals surface area contributed by atoms with Crippen LogP contribution >= 0.6 is 0 Å². The summed E-state index contributed by atoms with van der Waals surface area (Å²) in [5.41, 5.74) is 12.4. The summed E-state index contributed by atoms with van der Waals surface area (Å²) in [6.45, 7) is 0.551. The Balaban J connectivity index is 2.36. The lowest BCUT2D eigenvalue weighted by atomic mass is 10.2. The van der Waals surface area contributed by atoms with Gasteiger partial charge >= 0.3 is 0 Å². The number of anilines is 1. The minimum Gasteiger partial charge on any atom is -0.376 e. The quantitative estimate of drug-likeness (QED) is 0.408. The minimum atomic E-state index is 0.0323. The van der Waals surface area contributed by atoms with Crippen LogP contribution < -0.4 is 16.8 Å². The van der Waals surface area contributed by atoms with Gasteiger partial charge < -0.3 is 16.8 Å². The van der Waals surface area contributed by atoms with E-state index in [0.717, 1.165) is 11.4 Å². The number of nitrogens with one attached hydrogen (secondary N) is 1. The molecule has 0 unspecified atom stereocenters. The summed E-state index contributed by atoms with van der Waals surface area (Å²) in [7, 11) is 0. The summed E-state index contributed by atoms with van der Waals surface area (Å²) in [5, 5.41) is 3.17. The van der Waals surface area contributed by atoms with Crippen molar-refractivity contribution >= 4 is 23.2 Å². The smallest absolute Gasteiger partial charge is 0.192 e. The van der Waals surface area contributed by atoms with Crippen molar-refractivity contribution in [2.45, 2.75) is 0 Å². The number of para-hydroxylation sites is 2. The molecule has 5 heteroatoms. The molecule has 1 heterocycles. The van der Waals surface area contributed by atoms with E-state index in [2.05, 4.69) is 15.3 Å². The molecule has 14 heavy (non-hydrogen) atoms. The van der Waals surface area contributed by atoms with Crippen molar-refractivity contribution in [3.8, 4) is 0 Å². The number of nitrogens with two attached hydrogens (primary N) is 2. The molecule has 0 atom stereocenters. The van der Waals surface area contributed by atoms with Gasteiger partial charge in [-0.25, -0.2) is 4.99 Å². The fourth-order valence-electron chi connectivity index (χ4n) is 1.29. The fraction of sp³-hybridized carbons (Fsp3) is 0.111. The Kier molecular flexibility index (Phi) is 2.06. The van der Waals surface area contributed by atoms with Crippen molar-refractivity contribution in [2.75, 3.05) is 11.9 Å². The summed E-state index contributed by atoms with van der Waals surface area (Å²) >= 11 is 0. The van der Waals surface area contributed by atoms with E-state index in [0.29, 0.717) is 12.4 Å². The molecule has 1 aromatic rings. The van der Waals surface area contributed by atoms with Crippen molar-refractivity contribution < 1.29 is 0 Å². The van der Waals surface area contributed by atoms with Gasteiger partial charge in [0, 0.05) is 0 Å². The topological polar surface area (TPSA) is 88.8 Å². The number of rotatable bonds is 0. The molecule has 0 bridgehead atoms. The summed E-state index contributed by atoms with van der Waals surface area (Å²) in [6.07, 6.45) is 0. The number of hydrogen-bond acceptors (Lipinski definition) is 3. The van der Waals surface area contributed by atoms with Crippen LogP contribution in [0.15, 0.2) is 34.3 Å². The highest BCUT2D eigenvalue weighted by atomic mass is 15.1. The van der Waals surface area contributed by atoms with Gasteiger partial charge in [-0.1, -0.05) is 12.1 Å². The number of hydrogen-bond donors (Lipinski definition) is 3. The van der Waals surface area contributed by atoms with Gasteiger partial charge in [0.1, 0.15) is 0 Å². The van der Waals surface area contributed by atoms with Gasteiger partial charge in [0.15, 0.2) is 11.8 Å². The van der Waals surface area contributed by atoms with Crippen LogP contribution in [0.1, 0.15) is 0 Å². The predicted octanol–water partition coefficient (Wildman–Crippen LogP) is 0.415. The number of amidine groups is 1. The van der Waals surface area contributed by atoms with Gasteiger partial charge in [-0.3, -0.25) is 0 Å². The molecule has 0 aromatic heterocycles. The molecule has 0 aliphatic carbocycles. The molecule has 5 N–H and O–H groups in total. The maximum atomic E-state index is 5.26. The summed E-state index contributed by atoms with van der Waals surface area (Å²) < 4.78 is 0. The van der Waals surface area contributed by atoms with Crippen molar-refractivity contribution in [3.05, 3.63) is 24.3 Å². The third kappa shape index (κ3) is 1.66. The van der Waals surface area contributed by atoms with Crippen LogP contribution in [0.25, 0.3) is 0 Å². The van der Waals surface area contributed by atoms with Gasteiger partial charge in [-0.2, -0.15) is 4.99 Å². The Morgan fingerprint density at radius 1 is 1.36 bits per heavy atom. The zero-order valence-electron chi connectivity index (χ0n) is 7.57. The zero-order chi connectivity index (χ0) is 9.97. The molecule has 2 rings (SSSR count). The van der Waals surface area contributed by atoms with Gasteiger partial charge in [-0.05, 0) is 12.1 Å². The average molecular weight is 189 g/mol. The van der Waals surface area contributed by atoms with Crippen molar-refractivity contribution in [1.82, 2.24) is 0 Å². The Hall–Kier alpha value is -2.04. The van der Waals surface area contributed by atoms with E-state index < -0.39 is 0 Å². The van der Waals surface area contributed by atoms with Crippen molar-refractivity contribution in [1.29, 1.82) is 0 Å². The van der Waals surface area contributed by atoms with Crippen LogP contribution in [-0.4, -0.2) is 18.3 Å². The van der Waals surface area contributed by atoms with E-state index in [4.69, 9.17) is 11.5 Å². The Labute approximate surface area is 81.5 Å². The lowest BCUT2D eigenvalue weighted by Crippen LogP contribution is -2.26. The minimum absolute atomic E-state index is 0.0323. The molecule has 0 spiro atoms. The molecular weight excluding hydrogens is 178 g/mol. The zero-order valence-corrected chi connectivity index (χ0v) is 7.57. The first-order valence-corrected chi connectivity index (χ1v) is 4.26. The van der Waals surface area contributed by atoms with Gasteiger partial charge in [0.25, 0.3) is 0 Å². The first kappa shape index (κ1) is 8.55. The Morgan fingerprint density at radius 2 is 2.14 bits per heavy atom. The predicted molar refractivity (Wildman–Crippen MR) is 57.8 cm³/mol. The number of fused-ring (bicyclic) bond motifs is 1. The van der Waals surface area contributed by atoms with E-state index in [1.165, 1.54) is 0 Å². The lowest BCUT2D eigenvalue weighted by Gasteiger charge is -2.14. The average Bonchev–Trinajstić information content (AvgIpc) is 2.17. The van der Waals surface area contributed by atoms with Crippen LogP contribution in [0.5, 0.6) is 0 Å². The Morgan fingerprint density at radius 3 is 2.93 bits per heavy atom. The number of benzene rings is 1. The molecule has 72 valence electrons. The van der Waals surface area contributed by atoms with Crippen LogP contribution in [0.2, 0.25) is 0 Å². The van der Waals surface area contributed by atoms with E-state index in [1.54, 1.807) is 0 Å². The second-order valence-corrected chi connectivity index (χ2v) is 2.94. The van der Waals surface area contributed by atoms with E-state index in [9.17, 15) is 0 Å². The first-order chi connectivity index (χ1) is 6.75. The van der Waals surface area contributed by atoms with Crippen LogP contribution in [0.4, 0.5) is 11.4 Å². The Bertz CT molecular complexity index is 403. The highest BCUT2D eigenvalue weighted by Gasteiger charge is 2.09. The standard InChI is InChI=1S/C9H11N5/c10-9(11)14-8-5-12-6-3-1-2-4-7(6)13-8/h1-4,12H,5H2,(H4,10,11,13,14). The third-order valence-corrected chi connectivity index (χ3v) is 1.85. The summed E-state index contributed by atoms with van der Waals surface area (Å²) in [5.74, 6) is 0.633. The van der Waals surface area contributed by atoms with Gasteiger partial charge in [-0.15, -0.1) is 0 Å². The largest absolute Gasteiger partial charge is 0.376 e. The number of nitrogens with zero attached hydrogens (tertiary/aromatic N) is 2. The van der Waals surface area contributed by atoms with Gasteiger partial charge in [0.05, 0.1) is 17.9 Å². The lowest BCUT2D eigenvalue weighted by molar-refractivity contribution is 1.26. The van der Waals surface area contributed by atoms with Crippen LogP contribution in [-0.2, 0) is 0 Å². The van der Waals surface area contributed by atoms with E-state index in [-0.39, 0.29) is 5.96 Å². The first-order valence-electron chi connectivity index (χ1n) is 4.26. The molecular formula is C9H11N5. The highest BCUT2D eigenvalue weighted by molar-refractivity contribution is 6.00. The molecule has 1 aliphatic rings. The second kappa shape index (κ2) is 3.37. The molecule has 1 aliphatic heterocycles. The fourth-order valence-corrected chi connectivity index (χ4v) is 1.29.